The van der Waals surface area contributed by atoms with Crippen LogP contribution in [0.4, 0.5) is 5.13 Å². The second-order valence-corrected chi connectivity index (χ2v) is 4.89. The first-order chi connectivity index (χ1) is 9.20. The zero-order valence-corrected chi connectivity index (χ0v) is 12.7. The normalized spacial score (nSPS) is 11.0. The highest BCUT2D eigenvalue weighted by atomic mass is 35.5. The topological polar surface area (TPSA) is 102 Å². The lowest BCUT2D eigenvalue weighted by Crippen LogP contribution is -2.23. The largest absolute Gasteiger partial charge is 0.370 e. The molecule has 0 atom stereocenters. The summed E-state index contributed by atoms with van der Waals surface area (Å²) in [6.45, 7) is 3.00. The van der Waals surface area contributed by atoms with E-state index in [9.17, 15) is 0 Å². The molecule has 8 heteroatoms. The number of hydrogen-bond acceptors (Lipinski definition) is 5. The summed E-state index contributed by atoms with van der Waals surface area (Å²) in [6.07, 6.45) is 0. The van der Waals surface area contributed by atoms with E-state index in [4.69, 9.17) is 11.5 Å². The van der Waals surface area contributed by atoms with Crippen molar-refractivity contribution in [2.24, 2.45) is 16.5 Å². The number of nitrogens with two attached hydrogens (primary N) is 2. The minimum absolute atomic E-state index is 0. The Hall–Kier alpha value is -1.70. The van der Waals surface area contributed by atoms with Gasteiger partial charge in [0.2, 0.25) is 5.13 Å². The first-order valence-corrected chi connectivity index (χ1v) is 6.69. The Balaban J connectivity index is 0.00000200. The molecule has 0 saturated heterocycles. The molecule has 108 valence electrons. The van der Waals surface area contributed by atoms with Gasteiger partial charge >= 0.3 is 0 Å². The predicted octanol–water partition coefficient (Wildman–Crippen LogP) is 1.62. The van der Waals surface area contributed by atoms with E-state index in [0.717, 1.165) is 16.1 Å². The fraction of sp³-hybridized carbons (Fsp3) is 0.250. The molecule has 0 bridgehead atoms. The molecule has 1 aromatic heterocycles. The summed E-state index contributed by atoms with van der Waals surface area (Å²) >= 11 is 1.44. The Morgan fingerprint density at radius 2 is 2.10 bits per heavy atom. The number of nitrogens with one attached hydrogen (secondary N) is 1. The highest BCUT2D eigenvalue weighted by Crippen LogP contribution is 2.28. The van der Waals surface area contributed by atoms with Crippen molar-refractivity contribution in [3.63, 3.8) is 0 Å². The first-order valence-electron chi connectivity index (χ1n) is 5.87. The Morgan fingerprint density at radius 1 is 1.35 bits per heavy atom. The van der Waals surface area contributed by atoms with Gasteiger partial charge in [0.1, 0.15) is 5.01 Å². The molecular weight excluding hydrogens is 296 g/mol. The number of rotatable bonds is 4. The smallest absolute Gasteiger partial charge is 0.212 e. The van der Waals surface area contributed by atoms with E-state index in [-0.39, 0.29) is 12.4 Å². The molecule has 2 aromatic rings. The van der Waals surface area contributed by atoms with Gasteiger partial charge in [-0.1, -0.05) is 35.6 Å². The van der Waals surface area contributed by atoms with Gasteiger partial charge < -0.3 is 16.8 Å². The number of aryl methyl sites for hydroxylation is 1. The van der Waals surface area contributed by atoms with E-state index >= 15 is 0 Å². The van der Waals surface area contributed by atoms with Gasteiger partial charge in [0.25, 0.3) is 0 Å². The number of benzene rings is 1. The van der Waals surface area contributed by atoms with E-state index in [1.54, 1.807) is 0 Å². The maximum atomic E-state index is 5.69. The van der Waals surface area contributed by atoms with Crippen molar-refractivity contribution in [3.05, 3.63) is 29.8 Å². The van der Waals surface area contributed by atoms with Gasteiger partial charge in [-0.3, -0.25) is 4.99 Å². The summed E-state index contributed by atoms with van der Waals surface area (Å²) in [6, 6.07) is 8.04. The predicted molar refractivity (Wildman–Crippen MR) is 86.5 cm³/mol. The Bertz CT molecular complexity index is 583. The fourth-order valence-electron chi connectivity index (χ4n) is 1.53. The van der Waals surface area contributed by atoms with Crippen molar-refractivity contribution in [2.75, 3.05) is 18.4 Å². The summed E-state index contributed by atoms with van der Waals surface area (Å²) in [5.41, 5.74) is 13.3. The maximum Gasteiger partial charge on any atom is 0.212 e. The summed E-state index contributed by atoms with van der Waals surface area (Å²) in [7, 11) is 0. The molecule has 0 spiro atoms. The van der Waals surface area contributed by atoms with Crippen LogP contribution in [0.5, 0.6) is 0 Å². The fourth-order valence-corrected chi connectivity index (χ4v) is 2.37. The lowest BCUT2D eigenvalue weighted by molar-refractivity contribution is 0.971. The SMILES string of the molecule is Cc1ccccc1-c1nnc(NC(N)=NCCN)s1.Cl. The summed E-state index contributed by atoms with van der Waals surface area (Å²) in [4.78, 5) is 4.03. The average Bonchev–Trinajstić information content (AvgIpc) is 2.85. The van der Waals surface area contributed by atoms with Gasteiger partial charge in [-0.15, -0.1) is 22.6 Å². The maximum absolute atomic E-state index is 5.69. The van der Waals surface area contributed by atoms with Crippen molar-refractivity contribution in [2.45, 2.75) is 6.92 Å². The van der Waals surface area contributed by atoms with Crippen molar-refractivity contribution < 1.29 is 0 Å². The second-order valence-electron chi connectivity index (χ2n) is 3.91. The number of halogens is 1. The van der Waals surface area contributed by atoms with E-state index in [0.29, 0.717) is 24.2 Å². The molecule has 5 N–H and O–H groups in total. The number of nitrogens with zero attached hydrogens (tertiary/aromatic N) is 3. The third-order valence-electron chi connectivity index (χ3n) is 2.45. The monoisotopic (exact) mass is 312 g/mol. The van der Waals surface area contributed by atoms with Gasteiger partial charge in [0.15, 0.2) is 5.96 Å². The minimum atomic E-state index is 0. The molecule has 0 amide bonds. The molecule has 0 unspecified atom stereocenters. The summed E-state index contributed by atoms with van der Waals surface area (Å²) < 4.78 is 0. The molecule has 0 fully saturated rings. The molecule has 1 aromatic carbocycles. The highest BCUT2D eigenvalue weighted by Gasteiger charge is 2.08. The zero-order chi connectivity index (χ0) is 13.7. The lowest BCUT2D eigenvalue weighted by atomic mass is 10.1. The molecule has 1 heterocycles. The standard InChI is InChI=1S/C12H16N6S.ClH/c1-8-4-2-3-5-9(8)10-17-18-12(19-10)16-11(14)15-7-6-13;/h2-5H,6-7,13H2,1H3,(H3,14,15,16,18);1H. The van der Waals surface area contributed by atoms with Crippen molar-refractivity contribution in [1.82, 2.24) is 10.2 Å². The van der Waals surface area contributed by atoms with Crippen LogP contribution in [0.1, 0.15) is 5.56 Å². The minimum Gasteiger partial charge on any atom is -0.370 e. The lowest BCUT2D eigenvalue weighted by Gasteiger charge is -2.00. The first kappa shape index (κ1) is 16.4. The molecule has 0 aliphatic heterocycles. The van der Waals surface area contributed by atoms with Gasteiger partial charge in [0, 0.05) is 12.1 Å². The Kier molecular flexibility index (Phi) is 6.37. The molecule has 0 aliphatic rings. The van der Waals surface area contributed by atoms with E-state index in [2.05, 4.69) is 20.5 Å². The molecule has 0 saturated carbocycles. The third kappa shape index (κ3) is 4.16. The van der Waals surface area contributed by atoms with Crippen LogP contribution in [-0.4, -0.2) is 29.2 Å². The van der Waals surface area contributed by atoms with Crippen LogP contribution in [0.2, 0.25) is 0 Å². The van der Waals surface area contributed by atoms with Gasteiger partial charge in [-0.05, 0) is 12.5 Å². The van der Waals surface area contributed by atoms with Crippen molar-refractivity contribution in [3.8, 4) is 10.6 Å². The van der Waals surface area contributed by atoms with Crippen LogP contribution in [-0.2, 0) is 0 Å². The van der Waals surface area contributed by atoms with Gasteiger partial charge in [0.05, 0.1) is 6.54 Å². The van der Waals surface area contributed by atoms with Gasteiger partial charge in [-0.25, -0.2) is 0 Å². The second kappa shape index (κ2) is 7.78. The molecule has 6 nitrogen and oxygen atoms in total. The van der Waals surface area contributed by atoms with Crippen molar-refractivity contribution in [1.29, 1.82) is 0 Å². The Morgan fingerprint density at radius 3 is 2.80 bits per heavy atom. The van der Waals surface area contributed by atoms with Crippen molar-refractivity contribution >= 4 is 34.8 Å². The number of guanidine groups is 1. The van der Waals surface area contributed by atoms with Crippen LogP contribution < -0.4 is 16.8 Å². The van der Waals surface area contributed by atoms with Crippen LogP contribution in [0.15, 0.2) is 29.3 Å². The van der Waals surface area contributed by atoms with Crippen LogP contribution in [0.25, 0.3) is 10.6 Å². The number of hydrogen-bond donors (Lipinski definition) is 3. The number of aliphatic imine (C=N–C) groups is 1. The molecule has 2 rings (SSSR count). The van der Waals surface area contributed by atoms with Crippen LogP contribution in [0, 0.1) is 6.92 Å². The van der Waals surface area contributed by atoms with E-state index in [1.807, 2.05) is 31.2 Å². The highest BCUT2D eigenvalue weighted by molar-refractivity contribution is 7.18. The molecule has 20 heavy (non-hydrogen) atoms. The number of anilines is 1. The zero-order valence-electron chi connectivity index (χ0n) is 11.0. The molecule has 0 aliphatic carbocycles. The quantitative estimate of drug-likeness (QED) is 0.588. The van der Waals surface area contributed by atoms with E-state index < -0.39 is 0 Å². The van der Waals surface area contributed by atoms with Crippen LogP contribution in [0.3, 0.4) is 0 Å². The average molecular weight is 313 g/mol. The van der Waals surface area contributed by atoms with Crippen LogP contribution >= 0.6 is 23.7 Å². The summed E-state index contributed by atoms with van der Waals surface area (Å²) in [5, 5.41) is 12.6. The Labute approximate surface area is 127 Å². The molecule has 0 radical (unpaired) electrons. The van der Waals surface area contributed by atoms with E-state index in [1.165, 1.54) is 11.3 Å². The summed E-state index contributed by atoms with van der Waals surface area (Å²) in [5.74, 6) is 0.304. The number of aromatic nitrogens is 2. The third-order valence-corrected chi connectivity index (χ3v) is 3.32. The van der Waals surface area contributed by atoms with Gasteiger partial charge in [-0.2, -0.15) is 0 Å². The molecular formula is C12H17ClN6S.